The molecule has 0 saturated carbocycles. The summed E-state index contributed by atoms with van der Waals surface area (Å²) in [5.74, 6) is -0.853. The van der Waals surface area contributed by atoms with E-state index in [2.05, 4.69) is 15.8 Å². The largest absolute Gasteiger partial charge is 0.508 e. The number of aromatic hydroxyl groups is 2. The highest BCUT2D eigenvalue weighted by Crippen LogP contribution is 2.42. The van der Waals surface area contributed by atoms with Gasteiger partial charge in [-0.3, -0.25) is 4.79 Å². The zero-order chi connectivity index (χ0) is 27.1. The molecule has 0 radical (unpaired) electrons. The van der Waals surface area contributed by atoms with Crippen LogP contribution in [0.25, 0.3) is 22.5 Å². The number of halogens is 1. The van der Waals surface area contributed by atoms with Crippen molar-refractivity contribution in [2.45, 2.75) is 26.3 Å². The maximum atomic E-state index is 13.3. The fourth-order valence-electron chi connectivity index (χ4n) is 4.18. The number of aliphatic hydroxyl groups excluding tert-OH is 1. The van der Waals surface area contributed by atoms with Crippen LogP contribution in [0.1, 0.15) is 34.1 Å². The fourth-order valence-corrected chi connectivity index (χ4v) is 4.18. The first-order valence-electron chi connectivity index (χ1n) is 12.4. The highest BCUT2D eigenvalue weighted by Gasteiger charge is 2.26. The monoisotopic (exact) mass is 519 g/mol. The number of carbonyl (C=O) groups excluding carboxylic acids is 1. The molecular weight excluding hydrogens is 489 g/mol. The third kappa shape index (κ3) is 6.19. The van der Waals surface area contributed by atoms with Crippen LogP contribution in [-0.4, -0.2) is 46.1 Å². The van der Waals surface area contributed by atoms with Gasteiger partial charge in [0.1, 0.15) is 17.3 Å². The lowest BCUT2D eigenvalue weighted by molar-refractivity contribution is 0.0947. The summed E-state index contributed by atoms with van der Waals surface area (Å²) in [6, 6.07) is 16.4. The minimum Gasteiger partial charge on any atom is -0.508 e. The van der Waals surface area contributed by atoms with Crippen molar-refractivity contribution in [1.82, 2.24) is 15.8 Å². The van der Waals surface area contributed by atoms with Gasteiger partial charge in [-0.1, -0.05) is 41.6 Å². The Balaban J connectivity index is 1.71. The minimum absolute atomic E-state index is 0.0417. The second kappa shape index (κ2) is 12.4. The molecule has 8 nitrogen and oxygen atoms in total. The summed E-state index contributed by atoms with van der Waals surface area (Å²) >= 11 is 0. The zero-order valence-corrected chi connectivity index (χ0v) is 21.0. The second-order valence-corrected chi connectivity index (χ2v) is 8.82. The van der Waals surface area contributed by atoms with Crippen LogP contribution in [0.3, 0.4) is 0 Å². The van der Waals surface area contributed by atoms with Crippen LogP contribution >= 0.6 is 0 Å². The molecular formula is C29H30FN3O5. The van der Waals surface area contributed by atoms with Crippen LogP contribution < -0.4 is 10.6 Å². The molecule has 3 aromatic carbocycles. The summed E-state index contributed by atoms with van der Waals surface area (Å²) in [6.07, 6.45) is 0.962. The van der Waals surface area contributed by atoms with E-state index in [4.69, 9.17) is 9.63 Å². The molecule has 1 aromatic heterocycles. The molecule has 4 aromatic rings. The minimum atomic E-state index is -0.416. The Morgan fingerprint density at radius 3 is 2.37 bits per heavy atom. The number of nitrogens with one attached hydrogen (secondary N) is 2. The van der Waals surface area contributed by atoms with Gasteiger partial charge in [0.15, 0.2) is 11.5 Å². The van der Waals surface area contributed by atoms with Gasteiger partial charge in [-0.15, -0.1) is 0 Å². The van der Waals surface area contributed by atoms with Crippen LogP contribution in [0.15, 0.2) is 65.2 Å². The number of hydrogen-bond acceptors (Lipinski definition) is 7. The molecule has 0 spiro atoms. The van der Waals surface area contributed by atoms with Crippen molar-refractivity contribution in [3.05, 3.63) is 88.9 Å². The number of rotatable bonds is 11. The van der Waals surface area contributed by atoms with Gasteiger partial charge in [-0.05, 0) is 60.2 Å². The quantitative estimate of drug-likeness (QED) is 0.188. The number of benzene rings is 3. The molecule has 1 amide bonds. The van der Waals surface area contributed by atoms with E-state index in [9.17, 15) is 19.4 Å². The van der Waals surface area contributed by atoms with E-state index < -0.39 is 5.91 Å². The second-order valence-electron chi connectivity index (χ2n) is 8.82. The lowest BCUT2D eigenvalue weighted by Gasteiger charge is -2.11. The maximum Gasteiger partial charge on any atom is 0.274 e. The molecule has 0 aliphatic rings. The Kier molecular flexibility index (Phi) is 8.73. The molecule has 0 saturated heterocycles. The molecule has 0 atom stereocenters. The number of nitrogens with zero attached hydrogens (tertiary/aromatic N) is 1. The van der Waals surface area contributed by atoms with Crippen molar-refractivity contribution in [2.75, 3.05) is 19.7 Å². The van der Waals surface area contributed by atoms with Crippen LogP contribution in [0.2, 0.25) is 0 Å². The number of aromatic nitrogens is 1. The SMILES string of the molecule is CCNC(=O)c1noc(-c2cc(CCc3ccc(F)cc3)c(O)cc2O)c1-c1ccc(CNCCO)cc1. The molecule has 0 unspecified atom stereocenters. The molecule has 0 aliphatic carbocycles. The Hall–Kier alpha value is -4.21. The van der Waals surface area contributed by atoms with Gasteiger partial charge in [0.05, 0.1) is 17.7 Å². The Bertz CT molecular complexity index is 1380. The molecule has 0 bridgehead atoms. The van der Waals surface area contributed by atoms with Gasteiger partial charge >= 0.3 is 0 Å². The average molecular weight is 520 g/mol. The molecule has 0 fully saturated rings. The third-order valence-corrected chi connectivity index (χ3v) is 6.14. The number of carbonyl (C=O) groups is 1. The zero-order valence-electron chi connectivity index (χ0n) is 21.0. The van der Waals surface area contributed by atoms with Gasteiger partial charge in [-0.2, -0.15) is 0 Å². The summed E-state index contributed by atoms with van der Waals surface area (Å²) in [4.78, 5) is 12.8. The molecule has 198 valence electrons. The van der Waals surface area contributed by atoms with E-state index in [0.717, 1.165) is 11.1 Å². The summed E-state index contributed by atoms with van der Waals surface area (Å²) in [6.45, 7) is 3.28. The van der Waals surface area contributed by atoms with Gasteiger partial charge < -0.3 is 30.5 Å². The number of hydrogen-bond donors (Lipinski definition) is 5. The predicted molar refractivity (Wildman–Crippen MR) is 141 cm³/mol. The lowest BCUT2D eigenvalue weighted by Crippen LogP contribution is -2.23. The molecule has 38 heavy (non-hydrogen) atoms. The van der Waals surface area contributed by atoms with Crippen LogP contribution in [0.4, 0.5) is 4.39 Å². The van der Waals surface area contributed by atoms with Gasteiger partial charge in [0, 0.05) is 25.7 Å². The van der Waals surface area contributed by atoms with Gasteiger partial charge in [-0.25, -0.2) is 4.39 Å². The number of aryl methyl sites for hydroxylation is 2. The maximum absolute atomic E-state index is 13.3. The van der Waals surface area contributed by atoms with Crippen molar-refractivity contribution < 1.29 is 29.0 Å². The first kappa shape index (κ1) is 26.8. The number of amides is 1. The topological polar surface area (TPSA) is 128 Å². The van der Waals surface area contributed by atoms with Crippen LogP contribution in [0, 0.1) is 5.82 Å². The Morgan fingerprint density at radius 1 is 0.974 bits per heavy atom. The lowest BCUT2D eigenvalue weighted by atomic mass is 9.95. The highest BCUT2D eigenvalue weighted by atomic mass is 19.1. The fraction of sp³-hybridized carbons (Fsp3) is 0.241. The van der Waals surface area contributed by atoms with Crippen molar-refractivity contribution in [3.63, 3.8) is 0 Å². The summed E-state index contributed by atoms with van der Waals surface area (Å²) < 4.78 is 18.9. The van der Waals surface area contributed by atoms with E-state index >= 15 is 0 Å². The van der Waals surface area contributed by atoms with E-state index in [0.29, 0.717) is 49.2 Å². The molecule has 0 aliphatic heterocycles. The molecule has 9 heteroatoms. The normalized spacial score (nSPS) is 11.0. The molecule has 4 rings (SSSR count). The Labute approximate surface area is 219 Å². The summed E-state index contributed by atoms with van der Waals surface area (Å²) in [5.41, 5.74) is 3.86. The Morgan fingerprint density at radius 2 is 1.68 bits per heavy atom. The summed E-state index contributed by atoms with van der Waals surface area (Å²) in [7, 11) is 0. The van der Waals surface area contributed by atoms with Crippen molar-refractivity contribution in [2.24, 2.45) is 0 Å². The standard InChI is InChI=1S/C29H30FN3O5/c1-2-32-29(37)27-26(20-8-4-19(5-9-20)17-31-13-14-34)28(38-33-27)23-15-21(24(35)16-25(23)36)10-3-18-6-11-22(30)12-7-18/h4-9,11-12,15-16,31,34-36H,2-3,10,13-14,17H2,1H3,(H,32,37). The number of aliphatic hydroxyl groups is 1. The first-order valence-corrected chi connectivity index (χ1v) is 12.4. The van der Waals surface area contributed by atoms with E-state index in [-0.39, 0.29) is 40.9 Å². The third-order valence-electron chi connectivity index (χ3n) is 6.14. The van der Waals surface area contributed by atoms with Crippen LogP contribution in [-0.2, 0) is 19.4 Å². The van der Waals surface area contributed by atoms with Gasteiger partial charge in [0.2, 0.25) is 0 Å². The smallest absolute Gasteiger partial charge is 0.274 e. The number of phenolic OH excluding ortho intramolecular Hbond substituents is 2. The van der Waals surface area contributed by atoms with Crippen molar-refractivity contribution in [3.8, 4) is 33.9 Å². The van der Waals surface area contributed by atoms with Crippen molar-refractivity contribution >= 4 is 5.91 Å². The highest BCUT2D eigenvalue weighted by molar-refractivity contribution is 6.02. The summed E-state index contributed by atoms with van der Waals surface area (Å²) in [5, 5.41) is 40.1. The van der Waals surface area contributed by atoms with Crippen molar-refractivity contribution in [1.29, 1.82) is 0 Å². The average Bonchev–Trinajstić information content (AvgIpc) is 3.35. The number of phenols is 2. The van der Waals surface area contributed by atoms with E-state index in [1.165, 1.54) is 18.2 Å². The molecule has 5 N–H and O–H groups in total. The van der Waals surface area contributed by atoms with E-state index in [1.807, 2.05) is 24.3 Å². The first-order chi connectivity index (χ1) is 18.4. The van der Waals surface area contributed by atoms with Crippen LogP contribution in [0.5, 0.6) is 11.5 Å². The predicted octanol–water partition coefficient (Wildman–Crippen LogP) is 4.18. The van der Waals surface area contributed by atoms with E-state index in [1.54, 1.807) is 25.1 Å². The molecule has 1 heterocycles. The van der Waals surface area contributed by atoms with Gasteiger partial charge in [0.25, 0.3) is 5.91 Å².